The van der Waals surface area contributed by atoms with Crippen molar-refractivity contribution in [3.63, 3.8) is 0 Å². The Balaban J connectivity index is 1.64. The first-order valence-electron chi connectivity index (χ1n) is 7.06. The fraction of sp³-hybridized carbons (Fsp3) is 0.111. The lowest BCUT2D eigenvalue weighted by molar-refractivity contribution is -0.118. The van der Waals surface area contributed by atoms with Crippen LogP contribution in [0, 0.1) is 6.92 Å². The van der Waals surface area contributed by atoms with Gasteiger partial charge in [-0.1, -0.05) is 36.4 Å². The molecule has 0 unspecified atom stereocenters. The molecule has 0 saturated heterocycles. The van der Waals surface area contributed by atoms with Gasteiger partial charge in [0.15, 0.2) is 6.61 Å². The standard InChI is InChI=1S/C18H16N2O2/c1-13-6-2-5-9-16(13)22-12-18(21)20-17-11-10-14-7-3-4-8-15(14)19-17/h2-11H,12H2,1H3,(H,19,20,21). The summed E-state index contributed by atoms with van der Waals surface area (Å²) in [5, 5.41) is 3.79. The van der Waals surface area contributed by atoms with Gasteiger partial charge in [0.05, 0.1) is 5.52 Å². The van der Waals surface area contributed by atoms with Crippen molar-refractivity contribution >= 4 is 22.6 Å². The van der Waals surface area contributed by atoms with Gasteiger partial charge in [0.1, 0.15) is 11.6 Å². The summed E-state index contributed by atoms with van der Waals surface area (Å²) in [6.07, 6.45) is 0. The van der Waals surface area contributed by atoms with Crippen LogP contribution in [0.1, 0.15) is 5.56 Å². The number of aromatic nitrogens is 1. The summed E-state index contributed by atoms with van der Waals surface area (Å²) in [6.45, 7) is 1.90. The molecule has 22 heavy (non-hydrogen) atoms. The molecule has 1 aromatic heterocycles. The van der Waals surface area contributed by atoms with Crippen molar-refractivity contribution in [2.45, 2.75) is 6.92 Å². The van der Waals surface area contributed by atoms with Crippen LogP contribution in [0.3, 0.4) is 0 Å². The summed E-state index contributed by atoms with van der Waals surface area (Å²) in [6, 6.07) is 19.1. The molecule has 0 atom stereocenters. The number of carbonyl (C=O) groups is 1. The summed E-state index contributed by atoms with van der Waals surface area (Å²) >= 11 is 0. The van der Waals surface area contributed by atoms with Crippen LogP contribution in [0.2, 0.25) is 0 Å². The molecule has 3 rings (SSSR count). The van der Waals surface area contributed by atoms with Crippen LogP contribution in [0.5, 0.6) is 5.75 Å². The fourth-order valence-electron chi connectivity index (χ4n) is 2.18. The second kappa shape index (κ2) is 6.26. The molecule has 0 spiro atoms. The number of anilines is 1. The highest BCUT2D eigenvalue weighted by molar-refractivity contribution is 5.92. The van der Waals surface area contributed by atoms with Crippen molar-refractivity contribution in [3.8, 4) is 5.75 Å². The maximum absolute atomic E-state index is 12.0. The maximum Gasteiger partial charge on any atom is 0.263 e. The molecular formula is C18H16N2O2. The van der Waals surface area contributed by atoms with E-state index in [0.717, 1.165) is 16.5 Å². The van der Waals surface area contributed by atoms with E-state index in [-0.39, 0.29) is 12.5 Å². The fourth-order valence-corrected chi connectivity index (χ4v) is 2.18. The van der Waals surface area contributed by atoms with Gasteiger partial charge in [0, 0.05) is 5.39 Å². The van der Waals surface area contributed by atoms with Crippen molar-refractivity contribution in [2.24, 2.45) is 0 Å². The Labute approximate surface area is 128 Å². The first kappa shape index (κ1) is 14.1. The third-order valence-electron chi connectivity index (χ3n) is 3.32. The normalized spacial score (nSPS) is 10.4. The first-order valence-corrected chi connectivity index (χ1v) is 7.06. The maximum atomic E-state index is 12.0. The molecular weight excluding hydrogens is 276 g/mol. The molecule has 3 aromatic rings. The van der Waals surface area contributed by atoms with E-state index in [1.165, 1.54) is 0 Å². The number of hydrogen-bond acceptors (Lipinski definition) is 3. The molecule has 4 heteroatoms. The van der Waals surface area contributed by atoms with Crippen molar-refractivity contribution in [2.75, 3.05) is 11.9 Å². The summed E-state index contributed by atoms with van der Waals surface area (Å²) in [5.41, 5.74) is 1.85. The Morgan fingerprint density at radius 3 is 2.68 bits per heavy atom. The number of amides is 1. The monoisotopic (exact) mass is 292 g/mol. The average Bonchev–Trinajstić information content (AvgIpc) is 2.54. The molecule has 0 bridgehead atoms. The smallest absolute Gasteiger partial charge is 0.263 e. The molecule has 110 valence electrons. The highest BCUT2D eigenvalue weighted by atomic mass is 16.5. The minimum absolute atomic E-state index is 0.0423. The van der Waals surface area contributed by atoms with Crippen molar-refractivity contribution in [1.82, 2.24) is 4.98 Å². The van der Waals surface area contributed by atoms with Gasteiger partial charge in [-0.2, -0.15) is 0 Å². The second-order valence-corrected chi connectivity index (χ2v) is 4.99. The summed E-state index contributed by atoms with van der Waals surface area (Å²) < 4.78 is 5.52. The van der Waals surface area contributed by atoms with E-state index in [1.54, 1.807) is 6.07 Å². The summed E-state index contributed by atoms with van der Waals surface area (Å²) in [5.74, 6) is 1.01. The number of aryl methyl sites for hydroxylation is 1. The molecule has 1 heterocycles. The third kappa shape index (κ3) is 3.23. The molecule has 0 aliphatic heterocycles. The molecule has 0 aliphatic rings. The van der Waals surface area contributed by atoms with Crippen molar-refractivity contribution in [1.29, 1.82) is 0 Å². The van der Waals surface area contributed by atoms with Crippen molar-refractivity contribution in [3.05, 3.63) is 66.2 Å². The SMILES string of the molecule is Cc1ccccc1OCC(=O)Nc1ccc2ccccc2n1. The molecule has 0 fully saturated rings. The van der Waals surface area contributed by atoms with E-state index in [9.17, 15) is 4.79 Å². The Hall–Kier alpha value is -2.88. The van der Waals surface area contributed by atoms with E-state index in [4.69, 9.17) is 4.74 Å². The van der Waals surface area contributed by atoms with Gasteiger partial charge >= 0.3 is 0 Å². The number of benzene rings is 2. The third-order valence-corrected chi connectivity index (χ3v) is 3.32. The molecule has 1 N–H and O–H groups in total. The van der Waals surface area contributed by atoms with Gasteiger partial charge in [0.2, 0.25) is 0 Å². The van der Waals surface area contributed by atoms with Crippen LogP contribution in [0.25, 0.3) is 10.9 Å². The zero-order valence-corrected chi connectivity index (χ0v) is 12.2. The molecule has 2 aromatic carbocycles. The summed E-state index contributed by atoms with van der Waals surface area (Å²) in [4.78, 5) is 16.4. The molecule has 1 amide bonds. The zero-order chi connectivity index (χ0) is 15.4. The van der Waals surface area contributed by atoms with E-state index in [1.807, 2.05) is 61.5 Å². The lowest BCUT2D eigenvalue weighted by Crippen LogP contribution is -2.21. The van der Waals surface area contributed by atoms with Crippen LogP contribution in [-0.4, -0.2) is 17.5 Å². The summed E-state index contributed by atoms with van der Waals surface area (Å²) in [7, 11) is 0. The second-order valence-electron chi connectivity index (χ2n) is 4.99. The highest BCUT2D eigenvalue weighted by Crippen LogP contribution is 2.17. The number of pyridine rings is 1. The van der Waals surface area contributed by atoms with Crippen LogP contribution >= 0.6 is 0 Å². The number of hydrogen-bond donors (Lipinski definition) is 1. The van der Waals surface area contributed by atoms with E-state index >= 15 is 0 Å². The van der Waals surface area contributed by atoms with Gasteiger partial charge in [-0.05, 0) is 36.8 Å². The number of nitrogens with one attached hydrogen (secondary N) is 1. The number of nitrogens with zero attached hydrogens (tertiary/aromatic N) is 1. The number of para-hydroxylation sites is 2. The van der Waals surface area contributed by atoms with E-state index in [0.29, 0.717) is 11.6 Å². The highest BCUT2D eigenvalue weighted by Gasteiger charge is 2.06. The quantitative estimate of drug-likeness (QED) is 0.800. The number of rotatable bonds is 4. The zero-order valence-electron chi connectivity index (χ0n) is 12.2. The van der Waals surface area contributed by atoms with Gasteiger partial charge in [-0.25, -0.2) is 4.98 Å². The van der Waals surface area contributed by atoms with E-state index < -0.39 is 0 Å². The molecule has 0 radical (unpaired) electrons. The lowest BCUT2D eigenvalue weighted by Gasteiger charge is -2.09. The minimum atomic E-state index is -0.231. The predicted molar refractivity (Wildman–Crippen MR) is 87.0 cm³/mol. The van der Waals surface area contributed by atoms with Gasteiger partial charge < -0.3 is 10.1 Å². The van der Waals surface area contributed by atoms with Gasteiger partial charge in [0.25, 0.3) is 5.91 Å². The lowest BCUT2D eigenvalue weighted by atomic mass is 10.2. The minimum Gasteiger partial charge on any atom is -0.483 e. The Morgan fingerprint density at radius 1 is 1.05 bits per heavy atom. The predicted octanol–water partition coefficient (Wildman–Crippen LogP) is 3.56. The Bertz CT molecular complexity index is 815. The van der Waals surface area contributed by atoms with Gasteiger partial charge in [-0.15, -0.1) is 0 Å². The topological polar surface area (TPSA) is 51.2 Å². The Morgan fingerprint density at radius 2 is 1.82 bits per heavy atom. The van der Waals surface area contributed by atoms with Gasteiger partial charge in [-0.3, -0.25) is 4.79 Å². The van der Waals surface area contributed by atoms with Crippen LogP contribution in [0.15, 0.2) is 60.7 Å². The van der Waals surface area contributed by atoms with Crippen LogP contribution in [0.4, 0.5) is 5.82 Å². The number of ether oxygens (including phenoxy) is 1. The molecule has 4 nitrogen and oxygen atoms in total. The van der Waals surface area contributed by atoms with E-state index in [2.05, 4.69) is 10.3 Å². The molecule has 0 saturated carbocycles. The van der Waals surface area contributed by atoms with Crippen LogP contribution < -0.4 is 10.1 Å². The molecule has 0 aliphatic carbocycles. The van der Waals surface area contributed by atoms with Crippen LogP contribution in [-0.2, 0) is 4.79 Å². The average molecular weight is 292 g/mol. The van der Waals surface area contributed by atoms with Crippen molar-refractivity contribution < 1.29 is 9.53 Å². The number of fused-ring (bicyclic) bond motifs is 1. The number of carbonyl (C=O) groups excluding carboxylic acids is 1. The first-order chi connectivity index (χ1) is 10.7. The largest absolute Gasteiger partial charge is 0.483 e. The Kier molecular flexibility index (Phi) is 4.01.